The first-order chi connectivity index (χ1) is 9.94. The van der Waals surface area contributed by atoms with E-state index in [2.05, 4.69) is 50.0 Å². The molecule has 1 aliphatic heterocycles. The smallest absolute Gasteiger partial charge is 0.129 e. The van der Waals surface area contributed by atoms with E-state index < -0.39 is 0 Å². The van der Waals surface area contributed by atoms with E-state index in [1.807, 2.05) is 7.05 Å². The van der Waals surface area contributed by atoms with E-state index in [1.165, 1.54) is 36.3 Å². The molecule has 21 heavy (non-hydrogen) atoms. The fraction of sp³-hybridized carbons (Fsp3) is 0.722. The normalized spacial score (nSPS) is 19.9. The Labute approximate surface area is 130 Å². The lowest BCUT2D eigenvalue weighted by Gasteiger charge is -2.34. The summed E-state index contributed by atoms with van der Waals surface area (Å²) in [5.41, 5.74) is 2.63. The highest BCUT2D eigenvalue weighted by atomic mass is 15.2. The number of hydrogen-bond donors (Lipinski definition) is 1. The van der Waals surface area contributed by atoms with Crippen LogP contribution in [-0.4, -0.2) is 25.1 Å². The van der Waals surface area contributed by atoms with Gasteiger partial charge < -0.3 is 10.2 Å². The Bertz CT molecular complexity index is 462. The number of aromatic nitrogens is 1. The van der Waals surface area contributed by atoms with Crippen LogP contribution in [0.5, 0.6) is 0 Å². The number of pyridine rings is 1. The number of nitrogens with zero attached hydrogens (tertiary/aromatic N) is 2. The molecule has 3 heteroatoms. The van der Waals surface area contributed by atoms with Crippen LogP contribution in [0.15, 0.2) is 12.1 Å². The van der Waals surface area contributed by atoms with Crippen LogP contribution in [0.3, 0.4) is 0 Å². The number of rotatable bonds is 4. The molecule has 1 unspecified atom stereocenters. The summed E-state index contributed by atoms with van der Waals surface area (Å²) in [6.45, 7) is 12.3. The topological polar surface area (TPSA) is 28.2 Å². The lowest BCUT2D eigenvalue weighted by atomic mass is 9.90. The van der Waals surface area contributed by atoms with Crippen molar-refractivity contribution in [2.75, 3.05) is 25.0 Å². The van der Waals surface area contributed by atoms with Gasteiger partial charge in [-0.05, 0) is 43.5 Å². The number of nitrogens with one attached hydrogen (secondary N) is 1. The molecule has 1 fully saturated rings. The minimum Gasteiger partial charge on any atom is -0.356 e. The third-order valence-corrected chi connectivity index (χ3v) is 4.44. The van der Waals surface area contributed by atoms with Crippen LogP contribution in [0.25, 0.3) is 0 Å². The average molecular weight is 289 g/mol. The molecule has 1 aromatic rings. The third kappa shape index (κ3) is 4.19. The Hall–Kier alpha value is -1.09. The van der Waals surface area contributed by atoms with Gasteiger partial charge in [-0.2, -0.15) is 0 Å². The van der Waals surface area contributed by atoms with Crippen molar-refractivity contribution < 1.29 is 0 Å². The van der Waals surface area contributed by atoms with Crippen LogP contribution in [0, 0.1) is 5.92 Å². The first-order valence-electron chi connectivity index (χ1n) is 8.35. The van der Waals surface area contributed by atoms with Crippen LogP contribution in [0.2, 0.25) is 0 Å². The lowest BCUT2D eigenvalue weighted by Crippen LogP contribution is -2.36. The van der Waals surface area contributed by atoms with Gasteiger partial charge in [0.25, 0.3) is 0 Å². The van der Waals surface area contributed by atoms with Gasteiger partial charge in [-0.15, -0.1) is 0 Å². The summed E-state index contributed by atoms with van der Waals surface area (Å²) < 4.78 is 0. The highest BCUT2D eigenvalue weighted by Crippen LogP contribution is 2.28. The summed E-state index contributed by atoms with van der Waals surface area (Å²) in [5.74, 6) is 2.00. The maximum atomic E-state index is 4.98. The van der Waals surface area contributed by atoms with Crippen LogP contribution in [0.4, 0.5) is 5.82 Å². The second kappa shape index (κ2) is 6.78. The molecule has 1 saturated heterocycles. The van der Waals surface area contributed by atoms with Crippen LogP contribution < -0.4 is 10.2 Å². The van der Waals surface area contributed by atoms with Crippen molar-refractivity contribution in [2.45, 2.75) is 58.9 Å². The lowest BCUT2D eigenvalue weighted by molar-refractivity contribution is 0.402. The van der Waals surface area contributed by atoms with E-state index in [-0.39, 0.29) is 5.41 Å². The van der Waals surface area contributed by atoms with Gasteiger partial charge in [0.15, 0.2) is 0 Å². The van der Waals surface area contributed by atoms with Crippen molar-refractivity contribution in [1.29, 1.82) is 0 Å². The first-order valence-corrected chi connectivity index (χ1v) is 8.35. The summed E-state index contributed by atoms with van der Waals surface area (Å²) in [4.78, 5) is 7.47. The molecule has 1 N–H and O–H groups in total. The molecule has 0 aromatic carbocycles. The summed E-state index contributed by atoms with van der Waals surface area (Å²) >= 11 is 0. The quantitative estimate of drug-likeness (QED) is 0.915. The molecule has 118 valence electrons. The molecule has 1 aromatic heterocycles. The minimum absolute atomic E-state index is 0.0957. The molecule has 0 saturated carbocycles. The summed E-state index contributed by atoms with van der Waals surface area (Å²) in [7, 11) is 2.00. The average Bonchev–Trinajstić information content (AvgIpc) is 2.46. The van der Waals surface area contributed by atoms with E-state index in [0.29, 0.717) is 0 Å². The highest BCUT2D eigenvalue weighted by Gasteiger charge is 2.22. The predicted octanol–water partition coefficient (Wildman–Crippen LogP) is 3.72. The van der Waals surface area contributed by atoms with Crippen LogP contribution in [0.1, 0.15) is 58.2 Å². The molecule has 0 amide bonds. The molecular formula is C18H31N3. The van der Waals surface area contributed by atoms with E-state index in [0.717, 1.165) is 25.6 Å². The van der Waals surface area contributed by atoms with Crippen LogP contribution >= 0.6 is 0 Å². The van der Waals surface area contributed by atoms with Gasteiger partial charge in [0.05, 0.1) is 0 Å². The zero-order valence-electron chi connectivity index (χ0n) is 14.4. The maximum Gasteiger partial charge on any atom is 0.129 e. The van der Waals surface area contributed by atoms with Gasteiger partial charge in [0.1, 0.15) is 5.82 Å². The molecule has 3 nitrogen and oxygen atoms in total. The zero-order valence-corrected chi connectivity index (χ0v) is 14.4. The molecular weight excluding hydrogens is 258 g/mol. The van der Waals surface area contributed by atoms with E-state index in [4.69, 9.17) is 4.98 Å². The first kappa shape index (κ1) is 16.3. The minimum atomic E-state index is 0.0957. The molecule has 1 aliphatic rings. The number of hydrogen-bond acceptors (Lipinski definition) is 3. The highest BCUT2D eigenvalue weighted by molar-refractivity contribution is 5.44. The van der Waals surface area contributed by atoms with Gasteiger partial charge >= 0.3 is 0 Å². The van der Waals surface area contributed by atoms with Gasteiger partial charge in [-0.1, -0.05) is 34.1 Å². The summed E-state index contributed by atoms with van der Waals surface area (Å²) in [6, 6.07) is 4.52. The Morgan fingerprint density at radius 3 is 2.71 bits per heavy atom. The largest absolute Gasteiger partial charge is 0.356 e. The molecule has 0 spiro atoms. The van der Waals surface area contributed by atoms with Gasteiger partial charge in [-0.3, -0.25) is 0 Å². The molecule has 0 aliphatic carbocycles. The molecule has 2 heterocycles. The fourth-order valence-corrected chi connectivity index (χ4v) is 3.03. The van der Waals surface area contributed by atoms with Gasteiger partial charge in [0, 0.05) is 30.7 Å². The standard InChI is InChI=1S/C18H31N3/c1-6-14-8-7-9-21(13-14)17-11-15(12-19-5)10-16(20-17)18(2,3)4/h10-11,14,19H,6-9,12-13H2,1-5H3. The monoisotopic (exact) mass is 289 g/mol. The fourth-order valence-electron chi connectivity index (χ4n) is 3.03. The van der Waals surface area contributed by atoms with Gasteiger partial charge in [-0.25, -0.2) is 4.98 Å². The van der Waals surface area contributed by atoms with Crippen molar-refractivity contribution in [2.24, 2.45) is 5.92 Å². The van der Waals surface area contributed by atoms with Crippen molar-refractivity contribution in [3.05, 3.63) is 23.4 Å². The van der Waals surface area contributed by atoms with E-state index >= 15 is 0 Å². The second-order valence-electron chi connectivity index (χ2n) is 7.36. The SMILES string of the molecule is CCC1CCCN(c2cc(CNC)cc(C(C)(C)C)n2)C1. The molecule has 2 rings (SSSR count). The molecule has 1 atom stereocenters. The Kier molecular flexibility index (Phi) is 5.26. The molecule has 0 bridgehead atoms. The second-order valence-corrected chi connectivity index (χ2v) is 7.36. The Morgan fingerprint density at radius 2 is 2.10 bits per heavy atom. The third-order valence-electron chi connectivity index (χ3n) is 4.44. The van der Waals surface area contributed by atoms with Crippen molar-refractivity contribution in [3.8, 4) is 0 Å². The Balaban J connectivity index is 2.31. The van der Waals surface area contributed by atoms with Crippen molar-refractivity contribution >= 4 is 5.82 Å². The zero-order chi connectivity index (χ0) is 15.5. The Morgan fingerprint density at radius 1 is 1.33 bits per heavy atom. The van der Waals surface area contributed by atoms with E-state index in [1.54, 1.807) is 0 Å². The summed E-state index contributed by atoms with van der Waals surface area (Å²) in [5, 5.41) is 3.27. The number of piperidine rings is 1. The molecule has 0 radical (unpaired) electrons. The van der Waals surface area contributed by atoms with Crippen LogP contribution in [-0.2, 0) is 12.0 Å². The van der Waals surface area contributed by atoms with Crippen molar-refractivity contribution in [3.63, 3.8) is 0 Å². The van der Waals surface area contributed by atoms with E-state index in [9.17, 15) is 0 Å². The predicted molar refractivity (Wildman–Crippen MR) is 90.9 cm³/mol. The maximum absolute atomic E-state index is 4.98. The van der Waals surface area contributed by atoms with Crippen molar-refractivity contribution in [1.82, 2.24) is 10.3 Å². The number of anilines is 1. The summed E-state index contributed by atoms with van der Waals surface area (Å²) in [6.07, 6.45) is 3.94. The van der Waals surface area contributed by atoms with Gasteiger partial charge in [0.2, 0.25) is 0 Å².